The van der Waals surface area contributed by atoms with Gasteiger partial charge in [-0.25, -0.2) is 9.48 Å². The highest BCUT2D eigenvalue weighted by Crippen LogP contribution is 2.44. The number of amides is 1. The Labute approximate surface area is 282 Å². The number of halogens is 1. The van der Waals surface area contributed by atoms with E-state index in [0.717, 1.165) is 34.9 Å². The first kappa shape index (κ1) is 32.4. The quantitative estimate of drug-likeness (QED) is 0.100. The van der Waals surface area contributed by atoms with Crippen LogP contribution in [0.15, 0.2) is 108 Å². The van der Waals surface area contributed by atoms with Gasteiger partial charge in [0, 0.05) is 42.7 Å². The van der Waals surface area contributed by atoms with Crippen LogP contribution in [0.2, 0.25) is 0 Å². The van der Waals surface area contributed by atoms with E-state index in [4.69, 9.17) is 9.84 Å². The van der Waals surface area contributed by atoms with Crippen LogP contribution in [0.1, 0.15) is 55.9 Å². The van der Waals surface area contributed by atoms with Gasteiger partial charge in [0.05, 0.1) is 10.4 Å². The Bertz CT molecular complexity index is 1780. The molecule has 1 N–H and O–H groups in total. The molecule has 2 heterocycles. The Morgan fingerprint density at radius 2 is 1.51 bits per heavy atom. The molecule has 5 aromatic rings. The maximum Gasteiger partial charge on any atom is 0.410 e. The summed E-state index contributed by atoms with van der Waals surface area (Å²) in [4.78, 5) is 26.7. The van der Waals surface area contributed by atoms with Gasteiger partial charge in [-0.1, -0.05) is 91.0 Å². The number of nitrogens with zero attached hydrogens (tertiary/aromatic N) is 4. The summed E-state index contributed by atoms with van der Waals surface area (Å²) in [5.41, 5.74) is 2.55. The molecule has 0 unspecified atom stereocenters. The minimum Gasteiger partial charge on any atom is -0.444 e. The van der Waals surface area contributed by atoms with Crippen LogP contribution in [0.3, 0.4) is 0 Å². The minimum atomic E-state index is -0.936. The minimum absolute atomic E-state index is 0.00143. The van der Waals surface area contributed by atoms with Crippen LogP contribution >= 0.6 is 15.9 Å². The fraction of sp³-hybridized carbons (Fsp3) is 0.297. The SMILES string of the molecule is CC(C)(C)OC(=O)N1CCC[C@@H](NCc2cc3c(Br)nn(C(c4ccccc4)(c4ccccc4)c4ccccc4)c3cc2[N+](=O)[O-])C1. The molecule has 0 saturated carbocycles. The third kappa shape index (κ3) is 6.53. The predicted molar refractivity (Wildman–Crippen MR) is 186 cm³/mol. The van der Waals surface area contributed by atoms with Crippen molar-refractivity contribution < 1.29 is 14.5 Å². The van der Waals surface area contributed by atoms with Gasteiger partial charge < -0.3 is 15.0 Å². The number of fused-ring (bicyclic) bond motifs is 1. The third-order valence-corrected chi connectivity index (χ3v) is 9.16. The third-order valence-electron chi connectivity index (χ3n) is 8.58. The van der Waals surface area contributed by atoms with Crippen LogP contribution in [0.5, 0.6) is 0 Å². The lowest BCUT2D eigenvalue weighted by atomic mass is 9.77. The van der Waals surface area contributed by atoms with Crippen molar-refractivity contribution in [3.63, 3.8) is 0 Å². The highest BCUT2D eigenvalue weighted by Gasteiger charge is 2.41. The summed E-state index contributed by atoms with van der Waals surface area (Å²) in [5.74, 6) is 0. The summed E-state index contributed by atoms with van der Waals surface area (Å²) in [5, 5.41) is 22.0. The number of benzene rings is 4. The average Bonchev–Trinajstić information content (AvgIpc) is 3.39. The molecule has 1 amide bonds. The van der Waals surface area contributed by atoms with E-state index in [1.54, 1.807) is 11.0 Å². The van der Waals surface area contributed by atoms with Crippen molar-refractivity contribution in [3.05, 3.63) is 140 Å². The first-order valence-corrected chi connectivity index (χ1v) is 16.6. The standard InChI is InChI=1S/C37H38BrN5O4/c1-36(2,3)47-35(44)41-21-13-20-30(25-41)39-24-26-22-31-33(23-32(26)43(45)46)42(40-34(31)38)37(27-14-7-4-8-15-27,28-16-9-5-10-17-28)29-18-11-6-12-19-29/h4-12,14-19,22-23,30,39H,13,20-21,24-25H2,1-3H3/t30-/m1/s1. The van der Waals surface area contributed by atoms with Gasteiger partial charge in [-0.15, -0.1) is 0 Å². The number of aromatic nitrogens is 2. The molecule has 10 heteroatoms. The van der Waals surface area contributed by atoms with Crippen LogP contribution in [0.25, 0.3) is 10.9 Å². The number of rotatable bonds is 8. The number of nitro benzene ring substituents is 1. The van der Waals surface area contributed by atoms with Gasteiger partial charge in [-0.05, 0) is 72.3 Å². The van der Waals surface area contributed by atoms with Crippen molar-refractivity contribution in [1.82, 2.24) is 20.0 Å². The molecule has 1 aromatic heterocycles. The summed E-state index contributed by atoms with van der Waals surface area (Å²) in [7, 11) is 0. The topological polar surface area (TPSA) is 103 Å². The number of carbonyl (C=O) groups excluding carboxylic acids is 1. The second-order valence-corrected chi connectivity index (χ2v) is 13.7. The number of ether oxygens (including phenoxy) is 1. The van der Waals surface area contributed by atoms with Gasteiger partial charge in [0.1, 0.15) is 15.7 Å². The Hall–Kier alpha value is -4.54. The van der Waals surface area contributed by atoms with Gasteiger partial charge in [0.25, 0.3) is 5.69 Å². The van der Waals surface area contributed by atoms with Gasteiger partial charge in [-0.2, -0.15) is 5.10 Å². The van der Waals surface area contributed by atoms with Crippen LogP contribution in [0, 0.1) is 10.1 Å². The number of nitro groups is 1. The molecular formula is C37H38BrN5O4. The Balaban J connectivity index is 1.44. The van der Waals surface area contributed by atoms with Crippen molar-refractivity contribution in [2.24, 2.45) is 0 Å². The number of nitrogens with one attached hydrogen (secondary N) is 1. The lowest BCUT2D eigenvalue weighted by Crippen LogP contribution is -2.49. The van der Waals surface area contributed by atoms with Crippen molar-refractivity contribution in [1.29, 1.82) is 0 Å². The van der Waals surface area contributed by atoms with Crippen molar-refractivity contribution >= 4 is 38.6 Å². The molecule has 1 aliphatic rings. The van der Waals surface area contributed by atoms with Crippen molar-refractivity contribution in [2.75, 3.05) is 13.1 Å². The molecule has 4 aromatic carbocycles. The largest absolute Gasteiger partial charge is 0.444 e. The smallest absolute Gasteiger partial charge is 0.410 e. The molecule has 1 fully saturated rings. The maximum absolute atomic E-state index is 12.7. The first-order chi connectivity index (χ1) is 22.6. The summed E-state index contributed by atoms with van der Waals surface area (Å²) in [6, 6.07) is 33.8. The van der Waals surface area contributed by atoms with Crippen LogP contribution in [-0.4, -0.2) is 50.4 Å². The zero-order chi connectivity index (χ0) is 33.2. The molecule has 0 aliphatic carbocycles. The number of likely N-dealkylation sites (tertiary alicyclic amines) is 1. The number of carbonyl (C=O) groups is 1. The van der Waals surface area contributed by atoms with E-state index in [2.05, 4.69) is 57.6 Å². The Morgan fingerprint density at radius 3 is 2.02 bits per heavy atom. The lowest BCUT2D eigenvalue weighted by molar-refractivity contribution is -0.385. The number of piperidine rings is 1. The summed E-state index contributed by atoms with van der Waals surface area (Å²) in [6.45, 7) is 6.91. The molecule has 1 atom stereocenters. The molecule has 0 bridgehead atoms. The fourth-order valence-corrected chi connectivity index (χ4v) is 7.00. The number of hydrogen-bond acceptors (Lipinski definition) is 6. The Morgan fingerprint density at radius 1 is 0.957 bits per heavy atom. The van der Waals surface area contributed by atoms with E-state index in [0.29, 0.717) is 28.8 Å². The predicted octanol–water partition coefficient (Wildman–Crippen LogP) is 8.04. The van der Waals surface area contributed by atoms with Gasteiger partial charge in [0.15, 0.2) is 0 Å². The van der Waals surface area contributed by atoms with Gasteiger partial charge >= 0.3 is 6.09 Å². The monoisotopic (exact) mass is 695 g/mol. The molecule has 1 aliphatic heterocycles. The zero-order valence-corrected chi connectivity index (χ0v) is 28.3. The normalized spacial score (nSPS) is 15.5. The zero-order valence-electron chi connectivity index (χ0n) is 26.7. The van der Waals surface area contributed by atoms with Crippen LogP contribution < -0.4 is 5.32 Å². The molecule has 47 heavy (non-hydrogen) atoms. The average molecular weight is 697 g/mol. The van der Waals surface area contributed by atoms with E-state index in [1.165, 1.54) is 0 Å². The summed E-state index contributed by atoms with van der Waals surface area (Å²) >= 11 is 3.72. The molecule has 9 nitrogen and oxygen atoms in total. The van der Waals surface area contributed by atoms with Crippen molar-refractivity contribution in [3.8, 4) is 0 Å². The summed E-state index contributed by atoms with van der Waals surface area (Å²) < 4.78 is 8.08. The first-order valence-electron chi connectivity index (χ1n) is 15.8. The van der Waals surface area contributed by atoms with Crippen LogP contribution in [-0.2, 0) is 16.8 Å². The molecule has 0 spiro atoms. The second-order valence-electron chi connectivity index (χ2n) is 12.9. The molecular weight excluding hydrogens is 658 g/mol. The maximum atomic E-state index is 12.7. The van der Waals surface area contributed by atoms with Gasteiger partial charge in [-0.3, -0.25) is 10.1 Å². The molecule has 6 rings (SSSR count). The van der Waals surface area contributed by atoms with E-state index in [-0.39, 0.29) is 29.3 Å². The fourth-order valence-electron chi connectivity index (χ4n) is 6.52. The van der Waals surface area contributed by atoms with Crippen LogP contribution in [0.4, 0.5) is 10.5 Å². The number of hydrogen-bond donors (Lipinski definition) is 1. The molecule has 0 radical (unpaired) electrons. The second kappa shape index (κ2) is 13.3. The van der Waals surface area contributed by atoms with Gasteiger partial charge in [0.2, 0.25) is 0 Å². The summed E-state index contributed by atoms with van der Waals surface area (Å²) in [6.07, 6.45) is 1.33. The van der Waals surface area contributed by atoms with E-state index in [9.17, 15) is 14.9 Å². The molecule has 1 saturated heterocycles. The highest BCUT2D eigenvalue weighted by atomic mass is 79.9. The van der Waals surface area contributed by atoms with E-state index < -0.39 is 11.1 Å². The molecule has 242 valence electrons. The lowest BCUT2D eigenvalue weighted by Gasteiger charge is -2.37. The Kier molecular flexibility index (Phi) is 9.16. The highest BCUT2D eigenvalue weighted by molar-refractivity contribution is 9.10. The van der Waals surface area contributed by atoms with E-state index >= 15 is 0 Å². The van der Waals surface area contributed by atoms with Crippen molar-refractivity contribution in [2.45, 2.75) is 57.3 Å². The van der Waals surface area contributed by atoms with E-state index in [1.807, 2.05) is 86.1 Å².